The average Bonchev–Trinajstić information content (AvgIpc) is 3.22. The molecule has 0 bridgehead atoms. The number of likely N-dealkylation sites (tertiary alicyclic amines) is 1. The van der Waals surface area contributed by atoms with E-state index >= 15 is 0 Å². The monoisotopic (exact) mass is 530 g/mol. The Labute approximate surface area is 206 Å². The number of halogens is 6. The van der Waals surface area contributed by atoms with Crippen LogP contribution >= 0.6 is 11.6 Å². The van der Waals surface area contributed by atoms with Crippen molar-refractivity contribution in [2.24, 2.45) is 5.92 Å². The van der Waals surface area contributed by atoms with Crippen molar-refractivity contribution < 1.29 is 31.3 Å². The minimum Gasteiger partial charge on any atom is -0.352 e. The molecule has 4 rings (SSSR count). The summed E-state index contributed by atoms with van der Waals surface area (Å²) in [6.07, 6.45) is -3.86. The van der Waals surface area contributed by atoms with Gasteiger partial charge < -0.3 is 14.7 Å². The molecule has 0 aliphatic carbocycles. The van der Waals surface area contributed by atoms with Crippen LogP contribution in [0.25, 0.3) is 11.5 Å². The van der Waals surface area contributed by atoms with Crippen LogP contribution in [0.1, 0.15) is 35.1 Å². The molecule has 2 aromatic heterocycles. The van der Waals surface area contributed by atoms with Gasteiger partial charge in [-0.2, -0.15) is 18.2 Å². The highest BCUT2D eigenvalue weighted by atomic mass is 35.5. The van der Waals surface area contributed by atoms with Gasteiger partial charge in [-0.25, -0.2) is 18.7 Å². The van der Waals surface area contributed by atoms with Crippen LogP contribution in [0.4, 0.5) is 27.9 Å². The summed E-state index contributed by atoms with van der Waals surface area (Å²) in [5.74, 6) is -4.37. The van der Waals surface area contributed by atoms with E-state index in [-0.39, 0.29) is 34.5 Å². The maximum absolute atomic E-state index is 14.6. The van der Waals surface area contributed by atoms with Gasteiger partial charge in [0.15, 0.2) is 5.82 Å². The summed E-state index contributed by atoms with van der Waals surface area (Å²) in [7, 11) is 0. The third-order valence-corrected chi connectivity index (χ3v) is 5.99. The number of hydrogen-bond acceptors (Lipinski definition) is 7. The van der Waals surface area contributed by atoms with Crippen LogP contribution in [0, 0.1) is 12.8 Å². The van der Waals surface area contributed by atoms with Gasteiger partial charge in [0.05, 0.1) is 29.3 Å². The molecule has 14 heteroatoms. The number of carbonyl (C=O) groups is 1. The Morgan fingerprint density at radius 2 is 1.97 bits per heavy atom. The van der Waals surface area contributed by atoms with Crippen LogP contribution in [-0.4, -0.2) is 56.0 Å². The minimum atomic E-state index is -4.60. The second-order valence-corrected chi connectivity index (χ2v) is 8.98. The lowest BCUT2D eigenvalue weighted by molar-refractivity contribution is -0.138. The van der Waals surface area contributed by atoms with Crippen molar-refractivity contribution in [2.45, 2.75) is 38.4 Å². The Kier molecular flexibility index (Phi) is 6.86. The molecule has 192 valence electrons. The number of piperidine rings is 1. The highest BCUT2D eigenvalue weighted by Gasteiger charge is 2.46. The summed E-state index contributed by atoms with van der Waals surface area (Å²) in [5.41, 5.74) is -0.809. The predicted molar refractivity (Wildman–Crippen MR) is 119 cm³/mol. The molecule has 36 heavy (non-hydrogen) atoms. The van der Waals surface area contributed by atoms with Crippen molar-refractivity contribution >= 4 is 23.5 Å². The van der Waals surface area contributed by atoms with Crippen molar-refractivity contribution in [3.63, 3.8) is 0 Å². The highest BCUT2D eigenvalue weighted by molar-refractivity contribution is 6.31. The van der Waals surface area contributed by atoms with Gasteiger partial charge >= 0.3 is 6.18 Å². The molecular weight excluding hydrogens is 511 g/mol. The largest absolute Gasteiger partial charge is 0.419 e. The van der Waals surface area contributed by atoms with E-state index in [0.29, 0.717) is 18.2 Å². The standard InChI is InChI=1S/C22H20ClF5N6O2/c1-11-6-21(24,25)10-34(17(11)9-31-20-29-7-13(8-30-20)22(26,27)28)19(35)16-5-14(23)3-4-15(16)18-32-12(2)33-36-18/h3-5,7-8,11,17H,6,9-10H2,1-2H3,(H,29,30,31)/t11-,17?/m1/s1. The SMILES string of the molecule is Cc1noc(-c2ccc(Cl)cc2C(=O)N2CC(F)(F)C[C@@H](C)C2CNc2ncc(C(F)(F)F)cn2)n1. The molecule has 1 unspecified atom stereocenters. The van der Waals surface area contributed by atoms with E-state index in [4.69, 9.17) is 16.1 Å². The van der Waals surface area contributed by atoms with Gasteiger partial charge in [0.1, 0.15) is 0 Å². The molecular formula is C22H20ClF5N6O2. The summed E-state index contributed by atoms with van der Waals surface area (Å²) in [5, 5.41) is 6.65. The van der Waals surface area contributed by atoms with Crippen LogP contribution in [0.5, 0.6) is 0 Å². The lowest BCUT2D eigenvalue weighted by Crippen LogP contribution is -2.57. The average molecular weight is 531 g/mol. The Hall–Kier alpha value is -3.35. The first-order valence-corrected chi connectivity index (χ1v) is 11.1. The summed E-state index contributed by atoms with van der Waals surface area (Å²) in [6.45, 7) is 2.20. The van der Waals surface area contributed by atoms with Gasteiger partial charge in [-0.3, -0.25) is 4.79 Å². The number of amides is 1. The topological polar surface area (TPSA) is 97.0 Å². The van der Waals surface area contributed by atoms with E-state index in [2.05, 4.69) is 25.4 Å². The number of aromatic nitrogens is 4. The Balaban J connectivity index is 1.63. The zero-order valence-electron chi connectivity index (χ0n) is 19.0. The molecule has 1 amide bonds. The molecule has 1 fully saturated rings. The van der Waals surface area contributed by atoms with E-state index in [0.717, 1.165) is 4.90 Å². The summed E-state index contributed by atoms with van der Waals surface area (Å²) in [6, 6.07) is 3.55. The molecule has 1 aromatic carbocycles. The van der Waals surface area contributed by atoms with Crippen molar-refractivity contribution in [3.8, 4) is 11.5 Å². The van der Waals surface area contributed by atoms with Gasteiger partial charge in [-0.05, 0) is 31.0 Å². The van der Waals surface area contributed by atoms with Crippen LogP contribution in [-0.2, 0) is 6.18 Å². The first-order chi connectivity index (χ1) is 16.8. The molecule has 0 radical (unpaired) electrons. The zero-order valence-corrected chi connectivity index (χ0v) is 19.7. The lowest BCUT2D eigenvalue weighted by atomic mass is 9.87. The number of nitrogens with zero attached hydrogens (tertiary/aromatic N) is 5. The lowest BCUT2D eigenvalue weighted by Gasteiger charge is -2.43. The number of anilines is 1. The molecule has 8 nitrogen and oxygen atoms in total. The van der Waals surface area contributed by atoms with Crippen LogP contribution in [0.2, 0.25) is 5.02 Å². The van der Waals surface area contributed by atoms with Gasteiger partial charge in [-0.15, -0.1) is 0 Å². The summed E-state index contributed by atoms with van der Waals surface area (Å²) < 4.78 is 72.6. The molecule has 1 aliphatic heterocycles. The second-order valence-electron chi connectivity index (χ2n) is 8.55. The maximum atomic E-state index is 14.6. The molecule has 1 N–H and O–H groups in total. The van der Waals surface area contributed by atoms with Crippen LogP contribution < -0.4 is 5.32 Å². The molecule has 0 saturated carbocycles. The van der Waals surface area contributed by atoms with E-state index < -0.39 is 48.5 Å². The number of rotatable bonds is 5. The first-order valence-electron chi connectivity index (χ1n) is 10.8. The fourth-order valence-electron chi connectivity index (χ4n) is 4.08. The second kappa shape index (κ2) is 9.60. The Morgan fingerprint density at radius 1 is 1.28 bits per heavy atom. The highest BCUT2D eigenvalue weighted by Crippen LogP contribution is 2.37. The third kappa shape index (κ3) is 5.55. The normalized spacial score (nSPS) is 19.8. The van der Waals surface area contributed by atoms with Gasteiger partial charge in [0, 0.05) is 30.4 Å². The van der Waals surface area contributed by atoms with E-state index in [9.17, 15) is 26.7 Å². The van der Waals surface area contributed by atoms with Crippen LogP contribution in [0.3, 0.4) is 0 Å². The molecule has 1 aliphatic rings. The molecule has 3 heterocycles. The first kappa shape index (κ1) is 25.7. The number of alkyl halides is 5. The Bertz CT molecular complexity index is 1250. The summed E-state index contributed by atoms with van der Waals surface area (Å²) >= 11 is 6.11. The number of nitrogens with one attached hydrogen (secondary N) is 1. The van der Waals surface area contributed by atoms with Gasteiger partial charge in [-0.1, -0.05) is 23.7 Å². The van der Waals surface area contributed by atoms with Crippen molar-refractivity contribution in [1.82, 2.24) is 25.0 Å². The molecule has 2 atom stereocenters. The van der Waals surface area contributed by atoms with Crippen molar-refractivity contribution in [3.05, 3.63) is 52.6 Å². The molecule has 3 aromatic rings. The smallest absolute Gasteiger partial charge is 0.352 e. The zero-order chi connectivity index (χ0) is 26.3. The maximum Gasteiger partial charge on any atom is 0.419 e. The predicted octanol–water partition coefficient (Wildman–Crippen LogP) is 5.11. The fraction of sp³-hybridized carbons (Fsp3) is 0.409. The van der Waals surface area contributed by atoms with Gasteiger partial charge in [0.25, 0.3) is 17.7 Å². The fourth-order valence-corrected chi connectivity index (χ4v) is 4.25. The van der Waals surface area contributed by atoms with E-state index in [1.807, 2.05) is 0 Å². The van der Waals surface area contributed by atoms with Crippen molar-refractivity contribution in [2.75, 3.05) is 18.4 Å². The molecule has 1 saturated heterocycles. The third-order valence-electron chi connectivity index (χ3n) is 5.76. The van der Waals surface area contributed by atoms with Crippen molar-refractivity contribution in [1.29, 1.82) is 0 Å². The quantitative estimate of drug-likeness (QED) is 0.458. The Morgan fingerprint density at radius 3 is 2.58 bits per heavy atom. The van der Waals surface area contributed by atoms with Crippen LogP contribution in [0.15, 0.2) is 35.1 Å². The summed E-state index contributed by atoms with van der Waals surface area (Å²) in [4.78, 5) is 26.0. The number of carbonyl (C=O) groups excluding carboxylic acids is 1. The van der Waals surface area contributed by atoms with Gasteiger partial charge in [0.2, 0.25) is 5.95 Å². The number of aryl methyl sites for hydroxylation is 1. The van der Waals surface area contributed by atoms with E-state index in [1.165, 1.54) is 18.2 Å². The number of benzene rings is 1. The molecule has 0 spiro atoms. The van der Waals surface area contributed by atoms with E-state index in [1.54, 1.807) is 13.8 Å². The number of hydrogen-bond donors (Lipinski definition) is 1. The minimum absolute atomic E-state index is 0.00756.